The molecule has 0 saturated carbocycles. The highest BCUT2D eigenvalue weighted by atomic mass is 32.2. The molecular formula is C13H20N4O3S2. The van der Waals surface area contributed by atoms with Gasteiger partial charge in [-0.25, -0.2) is 8.42 Å². The van der Waals surface area contributed by atoms with Crippen LogP contribution in [0.1, 0.15) is 0 Å². The Balaban J connectivity index is 2.06. The van der Waals surface area contributed by atoms with E-state index in [9.17, 15) is 8.42 Å². The lowest BCUT2D eigenvalue weighted by Gasteiger charge is -2.33. The van der Waals surface area contributed by atoms with Gasteiger partial charge in [0.05, 0.1) is 11.5 Å². The second-order valence-corrected chi connectivity index (χ2v) is 7.36. The second-order valence-electron chi connectivity index (χ2n) is 4.98. The summed E-state index contributed by atoms with van der Waals surface area (Å²) in [5, 5.41) is 11.8. The molecule has 0 bridgehead atoms. The standard InChI is InChI=1S/C13H20N4O3S2/c14-13(21)15-11-1-3-12(4-2-11)22(19,20)17-7-5-16(6-8-17)9-10-18/h1-4,18H,5-10H2,(H3,14,15,21). The molecule has 0 atom stereocenters. The summed E-state index contributed by atoms with van der Waals surface area (Å²) in [7, 11) is -3.49. The van der Waals surface area contributed by atoms with Crippen LogP contribution < -0.4 is 11.1 Å². The highest BCUT2D eigenvalue weighted by molar-refractivity contribution is 7.89. The van der Waals surface area contributed by atoms with E-state index in [1.54, 1.807) is 12.1 Å². The van der Waals surface area contributed by atoms with E-state index in [-0.39, 0.29) is 16.6 Å². The number of nitrogens with one attached hydrogen (secondary N) is 1. The molecule has 1 aliphatic heterocycles. The first-order valence-corrected chi connectivity index (χ1v) is 8.78. The Kier molecular flexibility index (Phi) is 5.70. The molecule has 0 amide bonds. The number of benzene rings is 1. The number of piperazine rings is 1. The van der Waals surface area contributed by atoms with Crippen LogP contribution in [-0.4, -0.2) is 67.2 Å². The Bertz CT molecular complexity index is 611. The third-order valence-electron chi connectivity index (χ3n) is 3.51. The number of nitrogens with two attached hydrogens (primary N) is 1. The molecule has 1 aromatic rings. The lowest BCUT2D eigenvalue weighted by Crippen LogP contribution is -2.49. The molecule has 122 valence electrons. The predicted octanol–water partition coefficient (Wildman–Crippen LogP) is -0.359. The van der Waals surface area contributed by atoms with Crippen molar-refractivity contribution in [2.24, 2.45) is 5.73 Å². The van der Waals surface area contributed by atoms with E-state index in [1.165, 1.54) is 16.4 Å². The fraction of sp³-hybridized carbons (Fsp3) is 0.462. The lowest BCUT2D eigenvalue weighted by molar-refractivity contribution is 0.151. The zero-order valence-corrected chi connectivity index (χ0v) is 13.7. The largest absolute Gasteiger partial charge is 0.395 e. The van der Waals surface area contributed by atoms with E-state index in [0.29, 0.717) is 38.4 Å². The van der Waals surface area contributed by atoms with Crippen LogP contribution in [0, 0.1) is 0 Å². The number of aliphatic hydroxyl groups excluding tert-OH is 1. The van der Waals surface area contributed by atoms with Gasteiger partial charge < -0.3 is 16.2 Å². The highest BCUT2D eigenvalue weighted by Gasteiger charge is 2.28. The van der Waals surface area contributed by atoms with Gasteiger partial charge in [-0.3, -0.25) is 4.90 Å². The highest BCUT2D eigenvalue weighted by Crippen LogP contribution is 2.19. The van der Waals surface area contributed by atoms with Gasteiger partial charge in [0, 0.05) is 38.4 Å². The summed E-state index contributed by atoms with van der Waals surface area (Å²) in [5.41, 5.74) is 6.03. The summed E-state index contributed by atoms with van der Waals surface area (Å²) in [4.78, 5) is 2.29. The number of hydrogen-bond acceptors (Lipinski definition) is 5. The summed E-state index contributed by atoms with van der Waals surface area (Å²) >= 11 is 4.74. The Morgan fingerprint density at radius 3 is 2.32 bits per heavy atom. The molecule has 22 heavy (non-hydrogen) atoms. The minimum Gasteiger partial charge on any atom is -0.395 e. The van der Waals surface area contributed by atoms with Gasteiger partial charge in [-0.2, -0.15) is 4.31 Å². The molecular weight excluding hydrogens is 324 g/mol. The molecule has 1 aliphatic rings. The van der Waals surface area contributed by atoms with Crippen molar-refractivity contribution in [3.8, 4) is 0 Å². The number of thiocarbonyl (C=S) groups is 1. The average Bonchev–Trinajstić information content (AvgIpc) is 2.48. The van der Waals surface area contributed by atoms with E-state index < -0.39 is 10.0 Å². The van der Waals surface area contributed by atoms with E-state index in [1.807, 2.05) is 4.90 Å². The van der Waals surface area contributed by atoms with Crippen molar-refractivity contribution >= 4 is 33.0 Å². The molecule has 1 fully saturated rings. The van der Waals surface area contributed by atoms with Gasteiger partial charge in [0.2, 0.25) is 10.0 Å². The number of β-amino-alcohol motifs (C(OH)–C–C–N with tert-alkyl or cyclic N) is 1. The number of rotatable bonds is 5. The predicted molar refractivity (Wildman–Crippen MR) is 89.1 cm³/mol. The summed E-state index contributed by atoms with van der Waals surface area (Å²) in [6.45, 7) is 2.77. The molecule has 0 radical (unpaired) electrons. The Hall–Kier alpha value is -1.26. The SMILES string of the molecule is NC(=S)Nc1ccc(S(=O)(=O)N2CCN(CCO)CC2)cc1. The number of anilines is 1. The second kappa shape index (κ2) is 7.34. The Morgan fingerprint density at radius 1 is 1.23 bits per heavy atom. The van der Waals surface area contributed by atoms with E-state index in [4.69, 9.17) is 23.1 Å². The monoisotopic (exact) mass is 344 g/mol. The van der Waals surface area contributed by atoms with Gasteiger partial charge in [-0.15, -0.1) is 0 Å². The maximum Gasteiger partial charge on any atom is 0.243 e. The summed E-state index contributed by atoms with van der Waals surface area (Å²) in [6, 6.07) is 6.34. The van der Waals surface area contributed by atoms with Crippen LogP contribution in [0.4, 0.5) is 5.69 Å². The normalized spacial score (nSPS) is 17.3. The topological polar surface area (TPSA) is 98.9 Å². The van der Waals surface area contributed by atoms with Crippen LogP contribution >= 0.6 is 12.2 Å². The third kappa shape index (κ3) is 4.14. The number of nitrogens with zero attached hydrogens (tertiary/aromatic N) is 2. The fourth-order valence-corrected chi connectivity index (χ4v) is 3.88. The first kappa shape index (κ1) is 17.1. The van der Waals surface area contributed by atoms with Crippen LogP contribution in [-0.2, 0) is 10.0 Å². The van der Waals surface area contributed by atoms with Crippen molar-refractivity contribution in [3.63, 3.8) is 0 Å². The Morgan fingerprint density at radius 2 is 1.82 bits per heavy atom. The van der Waals surface area contributed by atoms with Crippen molar-refractivity contribution < 1.29 is 13.5 Å². The maximum atomic E-state index is 12.6. The molecule has 2 rings (SSSR count). The van der Waals surface area contributed by atoms with Crippen LogP contribution in [0.25, 0.3) is 0 Å². The molecule has 1 saturated heterocycles. The van der Waals surface area contributed by atoms with Crippen molar-refractivity contribution in [2.75, 3.05) is 44.6 Å². The summed E-state index contributed by atoms with van der Waals surface area (Å²) in [5.74, 6) is 0. The molecule has 0 aromatic heterocycles. The minimum absolute atomic E-state index is 0.0875. The average molecular weight is 344 g/mol. The molecule has 4 N–H and O–H groups in total. The molecule has 0 spiro atoms. The van der Waals surface area contributed by atoms with Crippen molar-refractivity contribution in [2.45, 2.75) is 4.90 Å². The van der Waals surface area contributed by atoms with Crippen LogP contribution in [0.2, 0.25) is 0 Å². The Labute approximate surface area is 135 Å². The maximum absolute atomic E-state index is 12.6. The zero-order valence-electron chi connectivity index (χ0n) is 12.1. The van der Waals surface area contributed by atoms with E-state index >= 15 is 0 Å². The van der Waals surface area contributed by atoms with Crippen LogP contribution in [0.15, 0.2) is 29.2 Å². The lowest BCUT2D eigenvalue weighted by atomic mass is 10.3. The van der Waals surface area contributed by atoms with Crippen molar-refractivity contribution in [1.82, 2.24) is 9.21 Å². The summed E-state index contributed by atoms with van der Waals surface area (Å²) < 4.78 is 26.6. The first-order valence-electron chi connectivity index (χ1n) is 6.93. The number of aliphatic hydroxyl groups is 1. The van der Waals surface area contributed by atoms with Gasteiger partial charge in [0.25, 0.3) is 0 Å². The number of hydrogen-bond donors (Lipinski definition) is 3. The van der Waals surface area contributed by atoms with Gasteiger partial charge in [-0.05, 0) is 36.5 Å². The molecule has 7 nitrogen and oxygen atoms in total. The first-order chi connectivity index (χ1) is 10.4. The van der Waals surface area contributed by atoms with Crippen molar-refractivity contribution in [1.29, 1.82) is 0 Å². The van der Waals surface area contributed by atoms with E-state index in [2.05, 4.69) is 5.32 Å². The van der Waals surface area contributed by atoms with Gasteiger partial charge >= 0.3 is 0 Å². The fourth-order valence-electron chi connectivity index (χ4n) is 2.34. The molecule has 1 aromatic carbocycles. The zero-order chi connectivity index (χ0) is 16.2. The molecule has 9 heteroatoms. The molecule has 1 heterocycles. The molecule has 0 unspecified atom stereocenters. The van der Waals surface area contributed by atoms with Crippen molar-refractivity contribution in [3.05, 3.63) is 24.3 Å². The van der Waals surface area contributed by atoms with E-state index in [0.717, 1.165) is 0 Å². The molecule has 0 aliphatic carbocycles. The quantitative estimate of drug-likeness (QED) is 0.628. The van der Waals surface area contributed by atoms with Crippen LogP contribution in [0.5, 0.6) is 0 Å². The van der Waals surface area contributed by atoms with Crippen LogP contribution in [0.3, 0.4) is 0 Å². The van der Waals surface area contributed by atoms with Gasteiger partial charge in [0.15, 0.2) is 5.11 Å². The number of sulfonamides is 1. The third-order valence-corrected chi connectivity index (χ3v) is 5.52. The van der Waals surface area contributed by atoms with Gasteiger partial charge in [-0.1, -0.05) is 0 Å². The summed E-state index contributed by atoms with van der Waals surface area (Å²) in [6.07, 6.45) is 0. The smallest absolute Gasteiger partial charge is 0.243 e. The van der Waals surface area contributed by atoms with Gasteiger partial charge in [0.1, 0.15) is 0 Å². The minimum atomic E-state index is -3.49.